The Labute approximate surface area is 240 Å². The van der Waals surface area contributed by atoms with Crippen LogP contribution in [0.2, 0.25) is 0 Å². The van der Waals surface area contributed by atoms with Crippen molar-refractivity contribution in [3.63, 3.8) is 0 Å². The molecule has 222 valence electrons. The summed E-state index contributed by atoms with van der Waals surface area (Å²) in [5, 5.41) is 0. The van der Waals surface area contributed by atoms with Gasteiger partial charge in [-0.25, -0.2) is 0 Å². The third-order valence-electron chi connectivity index (χ3n) is 12.3. The molecule has 0 aromatic rings. The van der Waals surface area contributed by atoms with Crippen molar-refractivity contribution in [2.75, 3.05) is 0 Å². The SMILES string of the molecule is CC(=O)O[C@H]1C[C@@]2(C)C3=CC[C@H]4C(C)(C)[C@@H](OC(C)=O)CC[C@]4(C)[C@H]3CC[C@@]23C(=O)O[C@@](C)(CCC=C(C)C)[C@@H]13. The first kappa shape index (κ1) is 29.4. The number of hydrogen-bond acceptors (Lipinski definition) is 6. The number of hydrogen-bond donors (Lipinski definition) is 0. The van der Waals surface area contributed by atoms with Crippen LogP contribution in [0.5, 0.6) is 0 Å². The standard InChI is InChI=1S/C34H50O6/c1-20(2)11-10-16-33(9)28-25(38-21(3)35)19-32(8)24-12-13-26-30(5,6)27(39-22(4)36)15-17-31(26,7)23(24)14-18-34(28,32)29(37)40-33/h11-12,23,25-28H,10,13-19H2,1-9H3/t23-,25-,26-,27-,28+,31+,32-,33-,34+/m0/s1. The largest absolute Gasteiger partial charge is 0.462 e. The number of allylic oxidation sites excluding steroid dienone is 4. The van der Waals surface area contributed by atoms with Crippen molar-refractivity contribution >= 4 is 17.9 Å². The zero-order valence-corrected chi connectivity index (χ0v) is 26.1. The van der Waals surface area contributed by atoms with Gasteiger partial charge in [0.05, 0.1) is 11.3 Å². The van der Waals surface area contributed by atoms with Gasteiger partial charge in [0.15, 0.2) is 0 Å². The summed E-state index contributed by atoms with van der Waals surface area (Å²) in [6.45, 7) is 18.5. The molecule has 4 aliphatic carbocycles. The molecule has 3 saturated carbocycles. The van der Waals surface area contributed by atoms with Crippen LogP contribution in [-0.4, -0.2) is 35.7 Å². The van der Waals surface area contributed by atoms with Gasteiger partial charge in [0.1, 0.15) is 17.8 Å². The van der Waals surface area contributed by atoms with Gasteiger partial charge in [0.25, 0.3) is 0 Å². The fourth-order valence-corrected chi connectivity index (χ4v) is 10.8. The number of cyclic esters (lactones) is 1. The van der Waals surface area contributed by atoms with Crippen LogP contribution in [0.15, 0.2) is 23.3 Å². The zero-order chi connectivity index (χ0) is 29.5. The maximum Gasteiger partial charge on any atom is 0.314 e. The Kier molecular flexibility index (Phi) is 6.95. The number of fused-ring (bicyclic) bond motifs is 4. The van der Waals surface area contributed by atoms with E-state index in [9.17, 15) is 14.4 Å². The zero-order valence-electron chi connectivity index (χ0n) is 26.1. The van der Waals surface area contributed by atoms with E-state index >= 15 is 0 Å². The van der Waals surface area contributed by atoms with Gasteiger partial charge in [-0.15, -0.1) is 0 Å². The van der Waals surface area contributed by atoms with Crippen LogP contribution in [-0.2, 0) is 28.6 Å². The number of carbonyl (C=O) groups is 3. The molecule has 0 amide bonds. The molecule has 40 heavy (non-hydrogen) atoms. The minimum atomic E-state index is -0.692. The molecule has 5 rings (SSSR count). The molecule has 5 aliphatic rings. The number of rotatable bonds is 5. The molecule has 6 nitrogen and oxygen atoms in total. The molecule has 0 unspecified atom stereocenters. The first-order valence-electron chi connectivity index (χ1n) is 15.4. The summed E-state index contributed by atoms with van der Waals surface area (Å²) < 4.78 is 18.3. The van der Waals surface area contributed by atoms with Gasteiger partial charge >= 0.3 is 17.9 Å². The molecule has 6 heteroatoms. The van der Waals surface area contributed by atoms with Crippen molar-refractivity contribution in [2.45, 2.75) is 131 Å². The van der Waals surface area contributed by atoms with Crippen LogP contribution in [0.4, 0.5) is 0 Å². The third-order valence-corrected chi connectivity index (χ3v) is 12.3. The summed E-state index contributed by atoms with van der Waals surface area (Å²) >= 11 is 0. The maximum atomic E-state index is 14.2. The van der Waals surface area contributed by atoms with Crippen LogP contribution < -0.4 is 0 Å². The molecule has 1 aliphatic heterocycles. The van der Waals surface area contributed by atoms with E-state index in [-0.39, 0.29) is 46.9 Å². The highest BCUT2D eigenvalue weighted by Gasteiger charge is 2.79. The van der Waals surface area contributed by atoms with E-state index in [1.165, 1.54) is 25.0 Å². The number of carbonyl (C=O) groups excluding carboxylic acids is 3. The second-order valence-electron chi connectivity index (χ2n) is 15.2. The van der Waals surface area contributed by atoms with E-state index in [4.69, 9.17) is 14.2 Å². The molecule has 0 radical (unpaired) electrons. The van der Waals surface area contributed by atoms with Crippen LogP contribution in [0.25, 0.3) is 0 Å². The Bertz CT molecular complexity index is 1160. The highest BCUT2D eigenvalue weighted by molar-refractivity contribution is 5.84. The van der Waals surface area contributed by atoms with Gasteiger partial charge in [0.2, 0.25) is 0 Å². The Morgan fingerprint density at radius 2 is 1.68 bits per heavy atom. The van der Waals surface area contributed by atoms with E-state index in [0.717, 1.165) is 44.9 Å². The average Bonchev–Trinajstić information content (AvgIpc) is 3.22. The van der Waals surface area contributed by atoms with Crippen molar-refractivity contribution in [3.05, 3.63) is 23.3 Å². The second-order valence-corrected chi connectivity index (χ2v) is 15.2. The predicted molar refractivity (Wildman–Crippen MR) is 153 cm³/mol. The normalized spacial score (nSPS) is 44.7. The van der Waals surface area contributed by atoms with Crippen LogP contribution >= 0.6 is 0 Å². The van der Waals surface area contributed by atoms with Gasteiger partial charge in [-0.1, -0.05) is 51.0 Å². The molecule has 0 bridgehead atoms. The lowest BCUT2D eigenvalue weighted by atomic mass is 9.41. The van der Waals surface area contributed by atoms with Gasteiger partial charge in [-0.2, -0.15) is 0 Å². The minimum Gasteiger partial charge on any atom is -0.462 e. The van der Waals surface area contributed by atoms with Gasteiger partial charge in [-0.05, 0) is 89.4 Å². The van der Waals surface area contributed by atoms with E-state index < -0.39 is 16.4 Å². The highest BCUT2D eigenvalue weighted by atomic mass is 16.6. The highest BCUT2D eigenvalue weighted by Crippen LogP contribution is 2.76. The molecule has 9 atom stereocenters. The molecule has 0 aromatic carbocycles. The summed E-state index contributed by atoms with van der Waals surface area (Å²) in [5.41, 5.74) is 0.713. The molecular weight excluding hydrogens is 504 g/mol. The Morgan fingerprint density at radius 3 is 2.30 bits per heavy atom. The molecule has 1 saturated heterocycles. The van der Waals surface area contributed by atoms with Gasteiger partial charge in [-0.3, -0.25) is 14.4 Å². The lowest BCUT2D eigenvalue weighted by Gasteiger charge is -2.63. The lowest BCUT2D eigenvalue weighted by molar-refractivity contribution is -0.176. The van der Waals surface area contributed by atoms with Crippen LogP contribution in [0.3, 0.4) is 0 Å². The van der Waals surface area contributed by atoms with E-state index in [1.807, 2.05) is 0 Å². The Morgan fingerprint density at radius 1 is 1.00 bits per heavy atom. The number of ether oxygens (including phenoxy) is 3. The molecule has 1 heterocycles. The summed E-state index contributed by atoms with van der Waals surface area (Å²) in [6.07, 6.45) is 10.8. The molecular formula is C34H50O6. The van der Waals surface area contributed by atoms with Crippen LogP contribution in [0, 0.1) is 39.4 Å². The first-order valence-corrected chi connectivity index (χ1v) is 15.4. The summed E-state index contributed by atoms with van der Waals surface area (Å²) in [5.74, 6) is -0.0606. The fraction of sp³-hybridized carbons (Fsp3) is 0.794. The fourth-order valence-electron chi connectivity index (χ4n) is 10.8. The molecule has 4 fully saturated rings. The summed E-state index contributed by atoms with van der Waals surface area (Å²) in [6, 6.07) is 0. The van der Waals surface area contributed by atoms with Crippen molar-refractivity contribution in [1.82, 2.24) is 0 Å². The quantitative estimate of drug-likeness (QED) is 0.205. The third kappa shape index (κ3) is 3.97. The van der Waals surface area contributed by atoms with Crippen molar-refractivity contribution in [3.8, 4) is 0 Å². The van der Waals surface area contributed by atoms with Crippen molar-refractivity contribution < 1.29 is 28.6 Å². The lowest BCUT2D eigenvalue weighted by Crippen LogP contribution is -2.59. The predicted octanol–water partition coefficient (Wildman–Crippen LogP) is 7.11. The smallest absolute Gasteiger partial charge is 0.314 e. The maximum absolute atomic E-state index is 14.2. The van der Waals surface area contributed by atoms with Crippen molar-refractivity contribution in [1.29, 1.82) is 0 Å². The van der Waals surface area contributed by atoms with E-state index in [2.05, 4.69) is 60.6 Å². The van der Waals surface area contributed by atoms with Gasteiger partial charge in [0, 0.05) is 24.7 Å². The number of esters is 3. The monoisotopic (exact) mass is 554 g/mol. The Balaban J connectivity index is 1.56. The van der Waals surface area contributed by atoms with E-state index in [1.54, 1.807) is 0 Å². The molecule has 1 spiro atoms. The first-order chi connectivity index (χ1) is 18.5. The average molecular weight is 555 g/mol. The van der Waals surface area contributed by atoms with Crippen LogP contribution in [0.1, 0.15) is 114 Å². The molecule has 0 aromatic heterocycles. The summed E-state index contributed by atoms with van der Waals surface area (Å²) in [4.78, 5) is 38.5. The topological polar surface area (TPSA) is 78.9 Å². The Hall–Kier alpha value is -2.11. The van der Waals surface area contributed by atoms with E-state index in [0.29, 0.717) is 18.3 Å². The van der Waals surface area contributed by atoms with Gasteiger partial charge < -0.3 is 14.2 Å². The van der Waals surface area contributed by atoms with Crippen molar-refractivity contribution in [2.24, 2.45) is 39.4 Å². The summed E-state index contributed by atoms with van der Waals surface area (Å²) in [7, 11) is 0. The minimum absolute atomic E-state index is 0.0408. The molecule has 0 N–H and O–H groups in total. The second kappa shape index (κ2) is 9.46.